The van der Waals surface area contributed by atoms with E-state index in [9.17, 15) is 5.11 Å². The standard InChI is InChI=1S/C42H33O.2C5H5.Ti/c43-42(37-27-15-5-16-28-37,38-29-17-6-18-30-38)41(32-39(34-21-9-2-10-22-34)35-23-11-3-12-24-35)40(36-25-13-4-14-26-36)31-33-19-7-1-8-20-33;2*1-2-4-5-3-1;/h1-30,32,41,43H;2*1-5H;/q3*-1;. The molecule has 0 heterocycles. The fraction of sp³-hybridized carbons (Fsp3) is 0.0385. The van der Waals surface area contributed by atoms with E-state index in [1.54, 1.807) is 0 Å². The molecule has 0 bridgehead atoms. The molecule has 0 radical (unpaired) electrons. The van der Waals surface area contributed by atoms with Crippen LogP contribution >= 0.6 is 0 Å². The van der Waals surface area contributed by atoms with Gasteiger partial charge in [-0.1, -0.05) is 169 Å². The Bertz CT molecular complexity index is 2050. The van der Waals surface area contributed by atoms with E-state index in [-0.39, 0.29) is 21.7 Å². The van der Waals surface area contributed by atoms with Gasteiger partial charge in [0.2, 0.25) is 0 Å². The molecule has 8 aromatic rings. The summed E-state index contributed by atoms with van der Waals surface area (Å²) in [6, 6.07) is 81.4. The van der Waals surface area contributed by atoms with Gasteiger partial charge in [-0.05, 0) is 27.8 Å². The Balaban J connectivity index is 0.000000442. The molecule has 54 heavy (non-hydrogen) atoms. The molecule has 0 amide bonds. The second-order valence-electron chi connectivity index (χ2n) is 12.5. The quantitative estimate of drug-likeness (QED) is 0.0890. The van der Waals surface area contributed by atoms with Crippen LogP contribution in [0.5, 0.6) is 0 Å². The smallest absolute Gasteiger partial charge is 0.123 e. The molecular formula is C52H43OTi-3. The molecule has 1 N–H and O–H groups in total. The van der Waals surface area contributed by atoms with Gasteiger partial charge in [-0.3, -0.25) is 0 Å². The van der Waals surface area contributed by atoms with Crippen LogP contribution < -0.4 is 0 Å². The molecule has 0 spiro atoms. The molecule has 1 unspecified atom stereocenters. The molecule has 0 saturated heterocycles. The Morgan fingerprint density at radius 2 is 0.778 bits per heavy atom. The molecule has 1 nitrogen and oxygen atoms in total. The average Bonchev–Trinajstić information content (AvgIpc) is 4.04. The Labute approximate surface area is 335 Å². The molecule has 8 rings (SSSR count). The summed E-state index contributed by atoms with van der Waals surface area (Å²) in [5.41, 5.74) is 6.24. The van der Waals surface area contributed by atoms with Gasteiger partial charge >= 0.3 is 0 Å². The van der Waals surface area contributed by atoms with E-state index in [2.05, 4.69) is 84.9 Å². The minimum atomic E-state index is -1.43. The van der Waals surface area contributed by atoms with Crippen LogP contribution in [0.15, 0.2) is 249 Å². The van der Waals surface area contributed by atoms with Crippen LogP contribution in [0.2, 0.25) is 0 Å². The van der Waals surface area contributed by atoms with Crippen molar-refractivity contribution in [1.29, 1.82) is 0 Å². The van der Waals surface area contributed by atoms with Crippen LogP contribution in [0.3, 0.4) is 0 Å². The largest absolute Gasteiger partial charge is 0.379 e. The average molecular weight is 732 g/mol. The second-order valence-corrected chi connectivity index (χ2v) is 12.5. The molecule has 264 valence electrons. The first kappa shape index (κ1) is 39.4. The molecule has 0 aliphatic heterocycles. The van der Waals surface area contributed by atoms with Crippen molar-refractivity contribution in [3.05, 3.63) is 288 Å². The Kier molecular flexibility index (Phi) is 15.3. The first-order valence-corrected chi connectivity index (χ1v) is 18.0. The van der Waals surface area contributed by atoms with Crippen LogP contribution in [0.4, 0.5) is 0 Å². The van der Waals surface area contributed by atoms with Crippen molar-refractivity contribution in [2.75, 3.05) is 0 Å². The molecule has 1 atom stereocenters. The van der Waals surface area contributed by atoms with Crippen molar-refractivity contribution in [3.8, 4) is 0 Å². The van der Waals surface area contributed by atoms with Gasteiger partial charge < -0.3 is 5.11 Å². The van der Waals surface area contributed by atoms with Gasteiger partial charge in [0, 0.05) is 27.6 Å². The number of rotatable bonds is 9. The number of benzene rings is 6. The maximum atomic E-state index is 13.4. The van der Waals surface area contributed by atoms with E-state index in [0.717, 1.165) is 44.5 Å². The summed E-state index contributed by atoms with van der Waals surface area (Å²) in [6.45, 7) is 0. The molecule has 0 aliphatic rings. The third-order valence-electron chi connectivity index (χ3n) is 8.94. The van der Waals surface area contributed by atoms with Gasteiger partial charge in [0.15, 0.2) is 0 Å². The van der Waals surface area contributed by atoms with Crippen molar-refractivity contribution in [2.24, 2.45) is 5.92 Å². The Hall–Kier alpha value is -5.83. The summed E-state index contributed by atoms with van der Waals surface area (Å²) in [5.74, 6) is -0.532. The number of hydrogen-bond acceptors (Lipinski definition) is 1. The maximum absolute atomic E-state index is 13.4. The topological polar surface area (TPSA) is 20.2 Å². The first-order chi connectivity index (χ1) is 26.2. The van der Waals surface area contributed by atoms with E-state index in [4.69, 9.17) is 0 Å². The zero-order valence-electron chi connectivity index (χ0n) is 30.2. The van der Waals surface area contributed by atoms with Crippen molar-refractivity contribution < 1.29 is 26.8 Å². The minimum Gasteiger partial charge on any atom is -0.379 e. The van der Waals surface area contributed by atoms with E-state index >= 15 is 0 Å². The van der Waals surface area contributed by atoms with Crippen molar-refractivity contribution in [2.45, 2.75) is 5.60 Å². The van der Waals surface area contributed by atoms with Crippen LogP contribution in [0, 0.1) is 12.0 Å². The molecule has 2 heteroatoms. The minimum absolute atomic E-state index is 0. The van der Waals surface area contributed by atoms with Gasteiger partial charge in [-0.2, -0.15) is 36.4 Å². The van der Waals surface area contributed by atoms with Crippen LogP contribution in [-0.4, -0.2) is 5.11 Å². The summed E-state index contributed by atoms with van der Waals surface area (Å²) in [7, 11) is 0. The van der Waals surface area contributed by atoms with Crippen LogP contribution in [0.1, 0.15) is 33.4 Å². The van der Waals surface area contributed by atoms with Crippen LogP contribution in [-0.2, 0) is 27.3 Å². The third kappa shape index (κ3) is 10.6. The predicted molar refractivity (Wildman–Crippen MR) is 222 cm³/mol. The van der Waals surface area contributed by atoms with Gasteiger partial charge in [-0.15, -0.1) is 41.5 Å². The van der Waals surface area contributed by atoms with E-state index in [1.165, 1.54) is 0 Å². The van der Waals surface area contributed by atoms with Gasteiger partial charge in [0.1, 0.15) is 5.60 Å². The van der Waals surface area contributed by atoms with E-state index < -0.39 is 11.5 Å². The summed E-state index contributed by atoms with van der Waals surface area (Å²) >= 11 is 0. The second kappa shape index (κ2) is 21.0. The fourth-order valence-corrected chi connectivity index (χ4v) is 6.35. The van der Waals surface area contributed by atoms with E-state index in [0.29, 0.717) is 0 Å². The van der Waals surface area contributed by atoms with E-state index in [1.807, 2.05) is 170 Å². The number of hydrogen-bond donors (Lipinski definition) is 1. The third-order valence-corrected chi connectivity index (χ3v) is 8.94. The van der Waals surface area contributed by atoms with Gasteiger partial charge in [-0.25, -0.2) is 24.3 Å². The summed E-state index contributed by atoms with van der Waals surface area (Å²) in [4.78, 5) is 0. The maximum Gasteiger partial charge on any atom is 0.123 e. The van der Waals surface area contributed by atoms with Crippen molar-refractivity contribution >= 4 is 11.1 Å². The molecule has 0 aromatic heterocycles. The molecular weight excluding hydrogens is 688 g/mol. The molecule has 8 aromatic carbocycles. The normalized spacial score (nSPS) is 11.3. The monoisotopic (exact) mass is 731 g/mol. The number of aliphatic hydroxyl groups is 1. The van der Waals surface area contributed by atoms with Crippen molar-refractivity contribution in [1.82, 2.24) is 0 Å². The molecule has 0 fully saturated rings. The zero-order chi connectivity index (χ0) is 36.4. The Morgan fingerprint density at radius 3 is 1.13 bits per heavy atom. The predicted octanol–water partition coefficient (Wildman–Crippen LogP) is 12.4. The summed E-state index contributed by atoms with van der Waals surface area (Å²) < 4.78 is 0. The summed E-state index contributed by atoms with van der Waals surface area (Å²) in [6.07, 6.45) is 6.00. The fourth-order valence-electron chi connectivity index (χ4n) is 6.35. The van der Waals surface area contributed by atoms with Gasteiger partial charge in [0.25, 0.3) is 0 Å². The molecule has 0 aliphatic carbocycles. The van der Waals surface area contributed by atoms with Gasteiger partial charge in [0.05, 0.1) is 0 Å². The SMILES string of the molecule is OC(c1ccccc1)(c1ccccc1)C(C=C(c1ccccc1)c1ccccc1)C(=[C-]c1ccccc1)c1ccccc1.[Ti].c1cc[cH-]c1.c1cc[cH-]c1. The molecule has 0 saturated carbocycles. The van der Waals surface area contributed by atoms with Crippen molar-refractivity contribution in [3.63, 3.8) is 0 Å². The Morgan fingerprint density at radius 1 is 0.444 bits per heavy atom. The summed E-state index contributed by atoms with van der Waals surface area (Å²) in [5, 5.41) is 13.4. The van der Waals surface area contributed by atoms with Crippen LogP contribution in [0.25, 0.3) is 11.1 Å². The first-order valence-electron chi connectivity index (χ1n) is 18.0. The zero-order valence-corrected chi connectivity index (χ0v) is 31.8.